The molecule has 1 saturated heterocycles. The SMILES string of the molecule is CCO[C@H](C)COCc1ccc([C@H]2C[C@H](CC(=O)NNC(=O)O)N(S(=O)(=O)c3ccc(C)cc3)C[C@@H]2OCc2ccc3c(c2)N(CCCOC)CCO3)cc1. The van der Waals surface area contributed by atoms with Gasteiger partial charge >= 0.3 is 6.09 Å². The van der Waals surface area contributed by atoms with Crippen LogP contribution >= 0.6 is 0 Å². The summed E-state index contributed by atoms with van der Waals surface area (Å²) in [5.74, 6) is -0.169. The summed E-state index contributed by atoms with van der Waals surface area (Å²) < 4.78 is 59.4. The van der Waals surface area contributed by atoms with Crippen molar-refractivity contribution in [2.24, 2.45) is 0 Å². The summed E-state index contributed by atoms with van der Waals surface area (Å²) >= 11 is 0. The third kappa shape index (κ3) is 11.6. The average molecular weight is 783 g/mol. The van der Waals surface area contributed by atoms with E-state index in [-0.39, 0.29) is 42.9 Å². The Morgan fingerprint density at radius 1 is 1.02 bits per heavy atom. The lowest BCUT2D eigenvalue weighted by molar-refractivity contribution is -0.123. The van der Waals surface area contributed by atoms with Crippen LogP contribution in [0.5, 0.6) is 5.75 Å². The van der Waals surface area contributed by atoms with Crippen molar-refractivity contribution in [3.05, 3.63) is 89.0 Å². The minimum absolute atomic E-state index is 0.0234. The molecule has 4 atom stereocenters. The molecule has 55 heavy (non-hydrogen) atoms. The highest BCUT2D eigenvalue weighted by Gasteiger charge is 2.43. The summed E-state index contributed by atoms with van der Waals surface area (Å²) in [5, 5.41) is 9.08. The lowest BCUT2D eigenvalue weighted by Gasteiger charge is -2.43. The van der Waals surface area contributed by atoms with Crippen LogP contribution in [0, 0.1) is 6.92 Å². The maximum Gasteiger partial charge on any atom is 0.423 e. The molecule has 0 aromatic heterocycles. The first-order valence-corrected chi connectivity index (χ1v) is 20.2. The van der Waals surface area contributed by atoms with Crippen LogP contribution in [-0.4, -0.2) is 101 Å². The Hall–Kier alpha value is -4.25. The van der Waals surface area contributed by atoms with Crippen LogP contribution in [0.3, 0.4) is 0 Å². The zero-order valence-corrected chi connectivity index (χ0v) is 32.9. The monoisotopic (exact) mass is 782 g/mol. The van der Waals surface area contributed by atoms with E-state index in [1.54, 1.807) is 31.4 Å². The first-order valence-electron chi connectivity index (χ1n) is 18.7. The van der Waals surface area contributed by atoms with Gasteiger partial charge in [-0.15, -0.1) is 0 Å². The highest BCUT2D eigenvalue weighted by atomic mass is 32.2. The number of rotatable bonds is 18. The molecule has 0 spiro atoms. The van der Waals surface area contributed by atoms with Gasteiger partial charge in [-0.25, -0.2) is 18.6 Å². The number of aryl methyl sites for hydroxylation is 1. The Bertz CT molecular complexity index is 1810. The fraction of sp³-hybridized carbons (Fsp3) is 0.500. The number of methoxy groups -OCH3 is 1. The van der Waals surface area contributed by atoms with E-state index >= 15 is 0 Å². The predicted molar refractivity (Wildman–Crippen MR) is 207 cm³/mol. The van der Waals surface area contributed by atoms with Crippen molar-refractivity contribution in [3.8, 4) is 5.75 Å². The van der Waals surface area contributed by atoms with Gasteiger partial charge < -0.3 is 33.7 Å². The standard InChI is InChI=1S/C40H54N4O10S/c1-5-52-29(3)25-51-26-30-9-12-32(13-10-30)35-22-33(23-39(45)41-42-40(46)47)44(55(48,49)34-14-7-28(2)8-15-34)24-38(35)54-27-31-11-16-37-36(21-31)43(18-20-53-37)17-6-19-50-4/h7-16,21,29,33,35,38,42H,5-6,17-20,22-27H2,1-4H3,(H,41,45)(H,46,47)/t29-,33-,35-,38+/m1/s1. The number of carbonyl (C=O) groups excluding carboxylic acids is 1. The van der Waals surface area contributed by atoms with E-state index < -0.39 is 34.2 Å². The second kappa shape index (κ2) is 20.1. The van der Waals surface area contributed by atoms with E-state index in [0.717, 1.165) is 53.2 Å². The second-order valence-electron chi connectivity index (χ2n) is 13.9. The number of piperidine rings is 1. The third-order valence-electron chi connectivity index (χ3n) is 9.80. The van der Waals surface area contributed by atoms with Crippen molar-refractivity contribution < 1.29 is 46.8 Å². The van der Waals surface area contributed by atoms with Gasteiger partial charge in [0.15, 0.2) is 0 Å². The molecule has 0 saturated carbocycles. The first-order chi connectivity index (χ1) is 26.5. The maximum atomic E-state index is 14.3. The van der Waals surface area contributed by atoms with Crippen molar-refractivity contribution >= 4 is 27.7 Å². The highest BCUT2D eigenvalue weighted by molar-refractivity contribution is 7.89. The molecular weight excluding hydrogens is 729 g/mol. The zero-order valence-electron chi connectivity index (χ0n) is 32.1. The molecule has 3 aromatic carbocycles. The van der Waals surface area contributed by atoms with Gasteiger partial charge in [0.25, 0.3) is 0 Å². The van der Waals surface area contributed by atoms with Crippen molar-refractivity contribution in [1.82, 2.24) is 15.2 Å². The van der Waals surface area contributed by atoms with Crippen LogP contribution in [0.2, 0.25) is 0 Å². The summed E-state index contributed by atoms with van der Waals surface area (Å²) in [6.07, 6.45) is -1.23. The zero-order chi connectivity index (χ0) is 39.4. The lowest BCUT2D eigenvalue weighted by Crippen LogP contribution is -2.54. The summed E-state index contributed by atoms with van der Waals surface area (Å²) in [6, 6.07) is 19.7. The normalized spacial score (nSPS) is 19.3. The number of carboxylic acid groups (broad SMARTS) is 1. The summed E-state index contributed by atoms with van der Waals surface area (Å²) in [7, 11) is -2.42. The van der Waals surface area contributed by atoms with Gasteiger partial charge in [0.1, 0.15) is 12.4 Å². The van der Waals surface area contributed by atoms with E-state index in [1.807, 2.05) is 62.6 Å². The van der Waals surface area contributed by atoms with Crippen LogP contribution in [0.15, 0.2) is 71.6 Å². The molecular formula is C40H54N4O10S. The molecule has 0 radical (unpaired) electrons. The number of carbonyl (C=O) groups is 2. The number of ether oxygens (including phenoxy) is 5. The molecule has 0 unspecified atom stereocenters. The number of benzene rings is 3. The van der Waals surface area contributed by atoms with Gasteiger partial charge in [0.05, 0.1) is 49.2 Å². The smallest absolute Gasteiger partial charge is 0.423 e. The molecule has 300 valence electrons. The Labute approximate surface area is 324 Å². The lowest BCUT2D eigenvalue weighted by atomic mass is 9.83. The molecule has 3 aromatic rings. The van der Waals surface area contributed by atoms with Crippen molar-refractivity contribution in [2.75, 3.05) is 58.1 Å². The van der Waals surface area contributed by atoms with E-state index in [2.05, 4.69) is 16.4 Å². The number of hydrogen-bond donors (Lipinski definition) is 3. The van der Waals surface area contributed by atoms with Gasteiger partial charge in [-0.2, -0.15) is 4.31 Å². The second-order valence-corrected chi connectivity index (χ2v) is 15.8. The Morgan fingerprint density at radius 3 is 2.47 bits per heavy atom. The molecule has 2 aliphatic heterocycles. The molecule has 3 N–H and O–H groups in total. The van der Waals surface area contributed by atoms with Crippen LogP contribution < -0.4 is 20.5 Å². The number of sulfonamides is 1. The van der Waals surface area contributed by atoms with Crippen LogP contribution in [0.1, 0.15) is 61.3 Å². The molecule has 5 rings (SSSR count). The largest absolute Gasteiger partial charge is 0.490 e. The van der Waals surface area contributed by atoms with Crippen LogP contribution in [0.4, 0.5) is 10.5 Å². The molecule has 14 nitrogen and oxygen atoms in total. The quantitative estimate of drug-likeness (QED) is 0.118. The minimum Gasteiger partial charge on any atom is -0.490 e. The fourth-order valence-electron chi connectivity index (χ4n) is 7.03. The molecule has 0 aliphatic carbocycles. The summed E-state index contributed by atoms with van der Waals surface area (Å²) in [4.78, 5) is 26.5. The number of nitrogens with zero attached hydrogens (tertiary/aromatic N) is 2. The van der Waals surface area contributed by atoms with E-state index in [1.165, 1.54) is 4.31 Å². The molecule has 2 amide bonds. The van der Waals surface area contributed by atoms with Gasteiger partial charge in [-0.3, -0.25) is 10.2 Å². The summed E-state index contributed by atoms with van der Waals surface area (Å²) in [5.41, 5.74) is 8.70. The number of amides is 2. The molecule has 1 fully saturated rings. The van der Waals surface area contributed by atoms with E-state index in [9.17, 15) is 18.0 Å². The molecule has 0 bridgehead atoms. The topological polar surface area (TPSA) is 165 Å². The van der Waals surface area contributed by atoms with Crippen molar-refractivity contribution in [1.29, 1.82) is 0 Å². The highest BCUT2D eigenvalue weighted by Crippen LogP contribution is 2.39. The minimum atomic E-state index is -4.11. The van der Waals surface area contributed by atoms with E-state index in [0.29, 0.717) is 33.0 Å². The third-order valence-corrected chi connectivity index (χ3v) is 11.7. The molecule has 2 aliphatic rings. The van der Waals surface area contributed by atoms with Crippen molar-refractivity contribution in [3.63, 3.8) is 0 Å². The maximum absolute atomic E-state index is 14.3. The number of hydrazine groups is 1. The Balaban J connectivity index is 1.44. The number of fused-ring (bicyclic) bond motifs is 1. The van der Waals surface area contributed by atoms with E-state index in [4.69, 9.17) is 28.8 Å². The van der Waals surface area contributed by atoms with Gasteiger partial charge in [-0.1, -0.05) is 48.0 Å². The predicted octanol–water partition coefficient (Wildman–Crippen LogP) is 4.99. The molecule has 2 heterocycles. The van der Waals surface area contributed by atoms with Crippen LogP contribution in [-0.2, 0) is 47.0 Å². The first kappa shape index (κ1) is 41.9. The average Bonchev–Trinajstić information content (AvgIpc) is 3.17. The fourth-order valence-corrected chi connectivity index (χ4v) is 8.68. The Kier molecular flexibility index (Phi) is 15.3. The number of anilines is 1. The van der Waals surface area contributed by atoms with Gasteiger partial charge in [0.2, 0.25) is 15.9 Å². The number of nitrogens with one attached hydrogen (secondary N) is 2. The Morgan fingerprint density at radius 2 is 1.76 bits per heavy atom. The molecule has 15 heteroatoms. The van der Waals surface area contributed by atoms with Crippen molar-refractivity contribution in [2.45, 2.75) is 82.3 Å². The number of hydrogen-bond acceptors (Lipinski definition) is 10. The summed E-state index contributed by atoms with van der Waals surface area (Å²) in [6.45, 7) is 10.2. The van der Waals surface area contributed by atoms with Crippen LogP contribution in [0.25, 0.3) is 0 Å². The van der Waals surface area contributed by atoms with Gasteiger partial charge in [-0.05, 0) is 74.6 Å². The van der Waals surface area contributed by atoms with Gasteiger partial charge in [0, 0.05) is 51.8 Å².